The number of imidazole rings is 1. The Balaban J connectivity index is 2.14. The molecule has 19 heavy (non-hydrogen) atoms. The van der Waals surface area contributed by atoms with Crippen molar-refractivity contribution in [3.63, 3.8) is 0 Å². The van der Waals surface area contributed by atoms with Crippen LogP contribution in [0.5, 0.6) is 0 Å². The predicted octanol–water partition coefficient (Wildman–Crippen LogP) is 1.76. The van der Waals surface area contributed by atoms with E-state index in [-0.39, 0.29) is 0 Å². The Morgan fingerprint density at radius 2 is 2.05 bits per heavy atom. The smallest absolute Gasteiger partial charge is 0.232 e. The first kappa shape index (κ1) is 11.9. The molecule has 5 nitrogen and oxygen atoms in total. The van der Waals surface area contributed by atoms with Crippen molar-refractivity contribution in [3.8, 4) is 11.4 Å². The van der Waals surface area contributed by atoms with Gasteiger partial charge in [-0.3, -0.25) is 4.57 Å². The van der Waals surface area contributed by atoms with Crippen molar-refractivity contribution in [1.82, 2.24) is 24.5 Å². The number of benzene rings is 1. The standard InChI is InChI=1S/C14H17N5/c1-10-6-4-5-7-12(10)13-17-19-9-11(8-15-2)16-14(19)18(13)3/h4-7,9,15H,8H2,1-3H3. The number of nitrogens with zero attached hydrogens (tertiary/aromatic N) is 4. The van der Waals surface area contributed by atoms with E-state index in [1.165, 1.54) is 5.56 Å². The maximum absolute atomic E-state index is 4.64. The van der Waals surface area contributed by atoms with Gasteiger partial charge in [0.1, 0.15) is 0 Å². The lowest BCUT2D eigenvalue weighted by molar-refractivity contribution is 0.792. The summed E-state index contributed by atoms with van der Waals surface area (Å²) in [6.07, 6.45) is 1.97. The molecule has 0 unspecified atom stereocenters. The van der Waals surface area contributed by atoms with Gasteiger partial charge >= 0.3 is 0 Å². The molecule has 0 aliphatic heterocycles. The van der Waals surface area contributed by atoms with Gasteiger partial charge in [0.05, 0.1) is 11.9 Å². The molecule has 3 rings (SSSR count). The van der Waals surface area contributed by atoms with Gasteiger partial charge in [0.15, 0.2) is 5.82 Å². The minimum absolute atomic E-state index is 0.753. The number of hydrogen-bond donors (Lipinski definition) is 1. The first-order chi connectivity index (χ1) is 9.20. The number of nitrogens with one attached hydrogen (secondary N) is 1. The summed E-state index contributed by atoms with van der Waals surface area (Å²) < 4.78 is 3.87. The van der Waals surface area contributed by atoms with E-state index in [1.807, 2.05) is 41.5 Å². The van der Waals surface area contributed by atoms with E-state index in [2.05, 4.69) is 34.5 Å². The predicted molar refractivity (Wildman–Crippen MR) is 74.9 cm³/mol. The maximum atomic E-state index is 4.64. The lowest BCUT2D eigenvalue weighted by Gasteiger charge is -2.04. The second-order valence-electron chi connectivity index (χ2n) is 4.70. The second kappa shape index (κ2) is 4.51. The number of hydrogen-bond acceptors (Lipinski definition) is 3. The SMILES string of the molecule is CNCc1cn2nc(-c3ccccc3C)n(C)c2n1. The fourth-order valence-electron chi connectivity index (χ4n) is 2.30. The monoisotopic (exact) mass is 255 g/mol. The molecular formula is C14H17N5. The second-order valence-corrected chi connectivity index (χ2v) is 4.70. The number of aryl methyl sites for hydroxylation is 2. The topological polar surface area (TPSA) is 47.1 Å². The van der Waals surface area contributed by atoms with Crippen LogP contribution in [-0.4, -0.2) is 26.2 Å². The summed E-state index contributed by atoms with van der Waals surface area (Å²) in [7, 11) is 3.91. The first-order valence-corrected chi connectivity index (χ1v) is 6.32. The molecule has 1 N–H and O–H groups in total. The van der Waals surface area contributed by atoms with Gasteiger partial charge in [-0.05, 0) is 19.5 Å². The summed E-state index contributed by atoms with van der Waals surface area (Å²) in [6, 6.07) is 8.26. The molecule has 5 heteroatoms. The Labute approximate surface area is 111 Å². The van der Waals surface area contributed by atoms with E-state index >= 15 is 0 Å². The zero-order valence-electron chi connectivity index (χ0n) is 11.4. The van der Waals surface area contributed by atoms with Crippen LogP contribution in [0.25, 0.3) is 17.2 Å². The molecule has 0 radical (unpaired) electrons. The van der Waals surface area contributed by atoms with Crippen molar-refractivity contribution in [2.45, 2.75) is 13.5 Å². The van der Waals surface area contributed by atoms with Crippen molar-refractivity contribution in [2.24, 2.45) is 7.05 Å². The van der Waals surface area contributed by atoms with Crippen LogP contribution in [-0.2, 0) is 13.6 Å². The van der Waals surface area contributed by atoms with Gasteiger partial charge in [0.2, 0.25) is 5.78 Å². The zero-order valence-corrected chi connectivity index (χ0v) is 11.4. The molecule has 0 aliphatic carbocycles. The van der Waals surface area contributed by atoms with Gasteiger partial charge in [-0.25, -0.2) is 9.50 Å². The summed E-state index contributed by atoms with van der Waals surface area (Å²) in [6.45, 7) is 2.85. The fourth-order valence-corrected chi connectivity index (χ4v) is 2.30. The molecule has 0 aliphatic rings. The molecule has 0 atom stereocenters. The highest BCUT2D eigenvalue weighted by Gasteiger charge is 2.13. The third-order valence-electron chi connectivity index (χ3n) is 3.28. The molecule has 0 saturated carbocycles. The van der Waals surface area contributed by atoms with Crippen molar-refractivity contribution >= 4 is 5.78 Å². The van der Waals surface area contributed by atoms with E-state index < -0.39 is 0 Å². The van der Waals surface area contributed by atoms with E-state index in [9.17, 15) is 0 Å². The van der Waals surface area contributed by atoms with Crippen LogP contribution in [0.15, 0.2) is 30.5 Å². The zero-order chi connectivity index (χ0) is 13.4. The minimum Gasteiger partial charge on any atom is -0.314 e. The summed E-state index contributed by atoms with van der Waals surface area (Å²) in [5, 5.41) is 7.73. The molecule has 0 saturated heterocycles. The highest BCUT2D eigenvalue weighted by atomic mass is 15.4. The van der Waals surface area contributed by atoms with Crippen LogP contribution in [0.3, 0.4) is 0 Å². The van der Waals surface area contributed by atoms with Crippen molar-refractivity contribution in [3.05, 3.63) is 41.7 Å². The van der Waals surface area contributed by atoms with Crippen LogP contribution in [0.2, 0.25) is 0 Å². The lowest BCUT2D eigenvalue weighted by Crippen LogP contribution is -2.05. The molecule has 0 bridgehead atoms. The summed E-state index contributed by atoms with van der Waals surface area (Å²) in [5.74, 6) is 1.81. The molecular weight excluding hydrogens is 238 g/mol. The molecule has 98 valence electrons. The molecule has 0 spiro atoms. The van der Waals surface area contributed by atoms with Crippen LogP contribution in [0.4, 0.5) is 0 Å². The van der Waals surface area contributed by atoms with Gasteiger partial charge in [-0.2, -0.15) is 0 Å². The largest absolute Gasteiger partial charge is 0.314 e. The first-order valence-electron chi connectivity index (χ1n) is 6.32. The van der Waals surface area contributed by atoms with E-state index in [0.717, 1.165) is 29.4 Å². The average Bonchev–Trinajstić information content (AvgIpc) is 2.91. The molecule has 3 aromatic rings. The van der Waals surface area contributed by atoms with Gasteiger partial charge in [-0.1, -0.05) is 24.3 Å². The van der Waals surface area contributed by atoms with Gasteiger partial charge in [0, 0.05) is 19.2 Å². The van der Waals surface area contributed by atoms with Crippen molar-refractivity contribution < 1.29 is 0 Å². The van der Waals surface area contributed by atoms with E-state index in [4.69, 9.17) is 0 Å². The Morgan fingerprint density at radius 1 is 1.26 bits per heavy atom. The maximum Gasteiger partial charge on any atom is 0.232 e. The lowest BCUT2D eigenvalue weighted by atomic mass is 10.1. The molecule has 1 aromatic carbocycles. The number of rotatable bonds is 3. The normalized spacial score (nSPS) is 11.3. The van der Waals surface area contributed by atoms with Crippen LogP contribution < -0.4 is 5.32 Å². The highest BCUT2D eigenvalue weighted by molar-refractivity contribution is 5.62. The Morgan fingerprint density at radius 3 is 2.74 bits per heavy atom. The van der Waals surface area contributed by atoms with Crippen molar-refractivity contribution in [2.75, 3.05) is 7.05 Å². The quantitative estimate of drug-likeness (QED) is 0.776. The molecule has 0 fully saturated rings. The van der Waals surface area contributed by atoms with Crippen LogP contribution in [0.1, 0.15) is 11.3 Å². The van der Waals surface area contributed by atoms with E-state index in [0.29, 0.717) is 0 Å². The van der Waals surface area contributed by atoms with E-state index in [1.54, 1.807) is 0 Å². The average molecular weight is 255 g/mol. The third kappa shape index (κ3) is 1.92. The summed E-state index contributed by atoms with van der Waals surface area (Å²) >= 11 is 0. The third-order valence-corrected chi connectivity index (χ3v) is 3.28. The van der Waals surface area contributed by atoms with Gasteiger partial charge in [-0.15, -0.1) is 5.10 Å². The van der Waals surface area contributed by atoms with Gasteiger partial charge in [0.25, 0.3) is 0 Å². The Kier molecular flexibility index (Phi) is 2.83. The molecule has 0 amide bonds. The van der Waals surface area contributed by atoms with Gasteiger partial charge < -0.3 is 5.32 Å². The highest BCUT2D eigenvalue weighted by Crippen LogP contribution is 2.22. The Hall–Kier alpha value is -2.14. The van der Waals surface area contributed by atoms with Crippen LogP contribution >= 0.6 is 0 Å². The minimum atomic E-state index is 0.753. The van der Waals surface area contributed by atoms with Crippen molar-refractivity contribution in [1.29, 1.82) is 0 Å². The number of aromatic nitrogens is 4. The summed E-state index contributed by atoms with van der Waals surface area (Å²) in [5.41, 5.74) is 3.36. The van der Waals surface area contributed by atoms with Crippen LogP contribution in [0, 0.1) is 6.92 Å². The molecule has 2 aromatic heterocycles. The number of fused-ring (bicyclic) bond motifs is 1. The molecule has 2 heterocycles. The summed E-state index contributed by atoms with van der Waals surface area (Å²) in [4.78, 5) is 4.58. The fraction of sp³-hybridized carbons (Fsp3) is 0.286. The Bertz CT molecular complexity index is 723.